The largest absolute Gasteiger partial charge is 0.496 e. The van der Waals surface area contributed by atoms with E-state index >= 15 is 0 Å². The third-order valence-electron chi connectivity index (χ3n) is 3.81. The van der Waals surface area contributed by atoms with Gasteiger partial charge in [-0.1, -0.05) is 6.92 Å². The Bertz CT molecular complexity index is 472. The van der Waals surface area contributed by atoms with Crippen molar-refractivity contribution in [3.63, 3.8) is 0 Å². The van der Waals surface area contributed by atoms with Gasteiger partial charge in [-0.3, -0.25) is 4.79 Å². The summed E-state index contributed by atoms with van der Waals surface area (Å²) in [6.07, 6.45) is 1.72. The van der Waals surface area contributed by atoms with Crippen molar-refractivity contribution in [2.45, 2.75) is 25.7 Å². The predicted octanol–water partition coefficient (Wildman–Crippen LogP) is 3.14. The molecule has 1 aliphatic carbocycles. The zero-order valence-corrected chi connectivity index (χ0v) is 11.5. The minimum absolute atomic E-state index is 0.0204. The Balaban J connectivity index is 2.03. The van der Waals surface area contributed by atoms with Gasteiger partial charge in [0.25, 0.3) is 0 Å². The molecule has 1 fully saturated rings. The molecule has 0 saturated heterocycles. The summed E-state index contributed by atoms with van der Waals surface area (Å²) in [6, 6.07) is 4.55. The lowest BCUT2D eigenvalue weighted by Gasteiger charge is -2.15. The molecule has 0 N–H and O–H groups in total. The molecule has 2 rings (SSSR count). The molecule has 1 aromatic rings. The third-order valence-corrected chi connectivity index (χ3v) is 3.81. The summed E-state index contributed by atoms with van der Waals surface area (Å²) >= 11 is 0. The van der Waals surface area contributed by atoms with Crippen LogP contribution in [0.3, 0.4) is 0 Å². The fourth-order valence-electron chi connectivity index (χ4n) is 2.62. The number of carbonyl (C=O) groups excluding carboxylic acids is 1. The van der Waals surface area contributed by atoms with Crippen LogP contribution in [-0.4, -0.2) is 20.2 Å². The number of rotatable bonds is 5. The minimum atomic E-state index is -0.261. The quantitative estimate of drug-likeness (QED) is 0.768. The Labute approximate surface area is 112 Å². The van der Waals surface area contributed by atoms with Crippen molar-refractivity contribution in [2.75, 3.05) is 14.2 Å². The van der Waals surface area contributed by atoms with E-state index in [1.165, 1.54) is 19.2 Å². The van der Waals surface area contributed by atoms with Gasteiger partial charge in [-0.2, -0.15) is 0 Å². The average Bonchev–Trinajstić information content (AvgIpc) is 3.17. The van der Waals surface area contributed by atoms with Gasteiger partial charge < -0.3 is 9.47 Å². The predicted molar refractivity (Wildman–Crippen MR) is 69.6 cm³/mol. The average molecular weight is 266 g/mol. The zero-order chi connectivity index (χ0) is 14.0. The molecule has 0 spiro atoms. The fraction of sp³-hybridized carbons (Fsp3) is 0.533. The van der Waals surface area contributed by atoms with Gasteiger partial charge in [0.05, 0.1) is 20.1 Å². The van der Waals surface area contributed by atoms with Gasteiger partial charge in [-0.25, -0.2) is 4.39 Å². The van der Waals surface area contributed by atoms with Crippen LogP contribution in [0.1, 0.15) is 31.2 Å². The lowest BCUT2D eigenvalue weighted by atomic mass is 9.94. The number of halogens is 1. The van der Waals surface area contributed by atoms with E-state index in [1.54, 1.807) is 13.2 Å². The van der Waals surface area contributed by atoms with E-state index in [4.69, 9.17) is 9.47 Å². The first-order valence-electron chi connectivity index (χ1n) is 6.48. The Morgan fingerprint density at radius 3 is 2.84 bits per heavy atom. The van der Waals surface area contributed by atoms with Gasteiger partial charge in [0.15, 0.2) is 0 Å². The number of ether oxygens (including phenoxy) is 2. The molecular formula is C15H19FO3. The van der Waals surface area contributed by atoms with Crippen LogP contribution in [0.2, 0.25) is 0 Å². The highest BCUT2D eigenvalue weighted by Gasteiger charge is 2.44. The summed E-state index contributed by atoms with van der Waals surface area (Å²) in [6.45, 7) is 2.03. The van der Waals surface area contributed by atoms with Crippen LogP contribution in [0.4, 0.5) is 4.39 Å². The Kier molecular flexibility index (Phi) is 4.08. The molecule has 19 heavy (non-hydrogen) atoms. The molecule has 3 unspecified atom stereocenters. The van der Waals surface area contributed by atoms with E-state index in [-0.39, 0.29) is 23.6 Å². The molecule has 3 atom stereocenters. The summed E-state index contributed by atoms with van der Waals surface area (Å²) in [5.74, 6) is 0.822. The molecule has 4 heteroatoms. The highest BCUT2D eigenvalue weighted by molar-refractivity contribution is 5.75. The van der Waals surface area contributed by atoms with Crippen LogP contribution in [-0.2, 0) is 9.53 Å². The van der Waals surface area contributed by atoms with Gasteiger partial charge in [-0.05, 0) is 48.4 Å². The lowest BCUT2D eigenvalue weighted by molar-refractivity contribution is -0.142. The van der Waals surface area contributed by atoms with Crippen molar-refractivity contribution in [2.24, 2.45) is 11.8 Å². The smallest absolute Gasteiger partial charge is 0.308 e. The molecule has 1 aliphatic rings. The molecule has 0 bridgehead atoms. The van der Waals surface area contributed by atoms with Crippen molar-refractivity contribution in [1.29, 1.82) is 0 Å². The summed E-state index contributed by atoms with van der Waals surface area (Å²) in [5.41, 5.74) is 0.859. The third kappa shape index (κ3) is 3.06. The standard InChI is InChI=1S/C15H19FO3/c1-9(6-10-7-13(10)15(17)19-3)12-8-11(16)4-5-14(12)18-2/h4-5,8-10,13H,6-7H2,1-3H3. The maximum Gasteiger partial charge on any atom is 0.308 e. The van der Waals surface area contributed by atoms with E-state index < -0.39 is 0 Å². The Morgan fingerprint density at radius 2 is 2.21 bits per heavy atom. The second kappa shape index (κ2) is 5.59. The summed E-state index contributed by atoms with van der Waals surface area (Å²) in [7, 11) is 2.99. The van der Waals surface area contributed by atoms with Crippen molar-refractivity contribution in [3.8, 4) is 5.75 Å². The van der Waals surface area contributed by atoms with Crippen LogP contribution in [0, 0.1) is 17.7 Å². The molecule has 1 saturated carbocycles. The van der Waals surface area contributed by atoms with E-state index in [2.05, 4.69) is 0 Å². The van der Waals surface area contributed by atoms with Crippen molar-refractivity contribution in [3.05, 3.63) is 29.6 Å². The first-order chi connectivity index (χ1) is 9.06. The molecule has 0 aromatic heterocycles. The van der Waals surface area contributed by atoms with Crippen LogP contribution in [0.15, 0.2) is 18.2 Å². The first kappa shape index (κ1) is 13.8. The number of benzene rings is 1. The Morgan fingerprint density at radius 1 is 1.47 bits per heavy atom. The molecule has 3 nitrogen and oxygen atoms in total. The van der Waals surface area contributed by atoms with E-state index in [1.807, 2.05) is 6.92 Å². The van der Waals surface area contributed by atoms with Crippen molar-refractivity contribution >= 4 is 5.97 Å². The Hall–Kier alpha value is -1.58. The summed E-state index contributed by atoms with van der Waals surface area (Å²) in [5, 5.41) is 0. The monoisotopic (exact) mass is 266 g/mol. The second-order valence-corrected chi connectivity index (χ2v) is 5.15. The molecule has 0 aliphatic heterocycles. The van der Waals surface area contributed by atoms with Gasteiger partial charge in [0.2, 0.25) is 0 Å². The van der Waals surface area contributed by atoms with E-state index in [9.17, 15) is 9.18 Å². The van der Waals surface area contributed by atoms with Crippen LogP contribution in [0.25, 0.3) is 0 Å². The summed E-state index contributed by atoms with van der Waals surface area (Å²) < 4.78 is 23.3. The zero-order valence-electron chi connectivity index (χ0n) is 11.5. The normalized spacial score (nSPS) is 22.7. The van der Waals surface area contributed by atoms with Crippen molar-refractivity contribution < 1.29 is 18.7 Å². The number of methoxy groups -OCH3 is 2. The SMILES string of the molecule is COC(=O)C1CC1CC(C)c1cc(F)ccc1OC. The van der Waals surface area contributed by atoms with Crippen molar-refractivity contribution in [1.82, 2.24) is 0 Å². The fourth-order valence-corrected chi connectivity index (χ4v) is 2.62. The number of esters is 1. The number of hydrogen-bond acceptors (Lipinski definition) is 3. The highest BCUT2D eigenvalue weighted by Crippen LogP contribution is 2.46. The van der Waals surface area contributed by atoms with Gasteiger partial charge in [0, 0.05) is 0 Å². The lowest BCUT2D eigenvalue weighted by Crippen LogP contribution is -2.06. The van der Waals surface area contributed by atoms with Gasteiger partial charge in [-0.15, -0.1) is 0 Å². The van der Waals surface area contributed by atoms with Crippen LogP contribution >= 0.6 is 0 Å². The maximum absolute atomic E-state index is 13.3. The topological polar surface area (TPSA) is 35.5 Å². The maximum atomic E-state index is 13.3. The van der Waals surface area contributed by atoms with Gasteiger partial charge in [0.1, 0.15) is 11.6 Å². The second-order valence-electron chi connectivity index (χ2n) is 5.15. The van der Waals surface area contributed by atoms with Crippen LogP contribution < -0.4 is 4.74 Å². The first-order valence-corrected chi connectivity index (χ1v) is 6.48. The van der Waals surface area contributed by atoms with E-state index in [0.717, 1.165) is 18.4 Å². The summed E-state index contributed by atoms with van der Waals surface area (Å²) in [4.78, 5) is 11.4. The molecule has 104 valence electrons. The molecule has 1 aromatic carbocycles. The van der Waals surface area contributed by atoms with E-state index in [0.29, 0.717) is 11.7 Å². The minimum Gasteiger partial charge on any atom is -0.496 e. The number of carbonyl (C=O) groups is 1. The molecular weight excluding hydrogens is 247 g/mol. The highest BCUT2D eigenvalue weighted by atomic mass is 19.1. The molecule has 0 heterocycles. The molecule has 0 amide bonds. The number of hydrogen-bond donors (Lipinski definition) is 0. The van der Waals surface area contributed by atoms with Crippen LogP contribution in [0.5, 0.6) is 5.75 Å². The van der Waals surface area contributed by atoms with Gasteiger partial charge >= 0.3 is 5.97 Å². The molecule has 0 radical (unpaired) electrons.